The molecule has 2 rings (SSSR count). The maximum atomic E-state index is 12.7. The molecule has 5 heteroatoms. The first kappa shape index (κ1) is 8.47. The number of halogens is 1. The lowest BCUT2D eigenvalue weighted by molar-refractivity contribution is 0.624. The van der Waals surface area contributed by atoms with Crippen molar-refractivity contribution in [3.63, 3.8) is 0 Å². The average Bonchev–Trinajstić information content (AvgIpc) is 2.19. The molecule has 1 heterocycles. The van der Waals surface area contributed by atoms with Gasteiger partial charge in [0.2, 0.25) is 0 Å². The van der Waals surface area contributed by atoms with Crippen molar-refractivity contribution in [2.24, 2.45) is 5.11 Å². The fraction of sp³-hybridized carbons (Fsp3) is 0. The van der Waals surface area contributed by atoms with Crippen LogP contribution in [0, 0.1) is 5.82 Å². The van der Waals surface area contributed by atoms with Crippen molar-refractivity contribution in [2.45, 2.75) is 0 Å². The Morgan fingerprint density at radius 1 is 1.36 bits per heavy atom. The molecule has 0 bridgehead atoms. The second-order valence-corrected chi connectivity index (χ2v) is 2.72. The van der Waals surface area contributed by atoms with Gasteiger partial charge in [0.15, 0.2) is 0 Å². The van der Waals surface area contributed by atoms with E-state index in [4.69, 9.17) is 5.53 Å². The topological polar surface area (TPSA) is 61.7 Å². The number of azide groups is 1. The third-order valence-corrected chi connectivity index (χ3v) is 1.79. The van der Waals surface area contributed by atoms with E-state index in [9.17, 15) is 4.39 Å². The van der Waals surface area contributed by atoms with E-state index in [2.05, 4.69) is 15.0 Å². The van der Waals surface area contributed by atoms with Crippen molar-refractivity contribution >= 4 is 16.6 Å². The van der Waals surface area contributed by atoms with Crippen molar-refractivity contribution in [2.75, 3.05) is 0 Å². The van der Waals surface area contributed by atoms with Gasteiger partial charge in [-0.15, -0.1) is 0 Å². The zero-order valence-electron chi connectivity index (χ0n) is 7.05. The Labute approximate surface area is 78.6 Å². The van der Waals surface area contributed by atoms with Gasteiger partial charge >= 0.3 is 0 Å². The molecular formula is C9H5FN4. The van der Waals surface area contributed by atoms with E-state index in [1.54, 1.807) is 18.2 Å². The molecule has 1 aromatic carbocycles. The van der Waals surface area contributed by atoms with Crippen molar-refractivity contribution < 1.29 is 4.39 Å². The summed E-state index contributed by atoms with van der Waals surface area (Å²) >= 11 is 0. The molecule has 0 N–H and O–H groups in total. The van der Waals surface area contributed by atoms with Crippen LogP contribution in [0.4, 0.5) is 10.1 Å². The molecule has 0 fully saturated rings. The number of fused-ring (bicyclic) bond motifs is 1. The Bertz CT molecular complexity index is 531. The minimum atomic E-state index is -0.381. The maximum absolute atomic E-state index is 12.7. The maximum Gasteiger partial charge on any atom is 0.142 e. The van der Waals surface area contributed by atoms with Gasteiger partial charge in [0.05, 0.1) is 11.7 Å². The van der Waals surface area contributed by atoms with Crippen LogP contribution in [0.15, 0.2) is 35.6 Å². The summed E-state index contributed by atoms with van der Waals surface area (Å²) < 4.78 is 12.7. The number of hydrogen-bond donors (Lipinski definition) is 0. The van der Waals surface area contributed by atoms with Crippen molar-refractivity contribution in [1.82, 2.24) is 4.98 Å². The molecule has 0 aliphatic carbocycles. The molecule has 14 heavy (non-hydrogen) atoms. The van der Waals surface area contributed by atoms with E-state index in [0.29, 0.717) is 16.6 Å². The molecule has 0 spiro atoms. The second-order valence-electron chi connectivity index (χ2n) is 2.72. The van der Waals surface area contributed by atoms with Crippen LogP contribution >= 0.6 is 0 Å². The molecule has 0 aliphatic heterocycles. The highest BCUT2D eigenvalue weighted by Crippen LogP contribution is 2.19. The summed E-state index contributed by atoms with van der Waals surface area (Å²) in [5, 5.41) is 4.11. The summed E-state index contributed by atoms with van der Waals surface area (Å²) in [7, 11) is 0. The first-order valence-corrected chi connectivity index (χ1v) is 3.90. The van der Waals surface area contributed by atoms with Crippen molar-refractivity contribution in [3.8, 4) is 0 Å². The zero-order chi connectivity index (χ0) is 9.97. The van der Waals surface area contributed by atoms with E-state index >= 15 is 0 Å². The van der Waals surface area contributed by atoms with Crippen LogP contribution in [0.5, 0.6) is 0 Å². The Kier molecular flexibility index (Phi) is 2.01. The Morgan fingerprint density at radius 2 is 2.21 bits per heavy atom. The standard InChI is InChI=1S/C9H5FN4/c10-7-3-6-1-2-8(13-14-11)4-9(6)12-5-7/h1-5H. The normalized spacial score (nSPS) is 9.79. The Hall–Kier alpha value is -2.13. The molecule has 2 aromatic rings. The Balaban J connectivity index is 2.67. The van der Waals surface area contributed by atoms with Gasteiger partial charge in [0.25, 0.3) is 0 Å². The Morgan fingerprint density at radius 3 is 3.00 bits per heavy atom. The molecule has 0 atom stereocenters. The first-order chi connectivity index (χ1) is 6.79. The fourth-order valence-electron chi connectivity index (χ4n) is 1.20. The smallest absolute Gasteiger partial charge is 0.142 e. The van der Waals surface area contributed by atoms with Gasteiger partial charge in [-0.2, -0.15) is 0 Å². The molecule has 0 unspecified atom stereocenters. The van der Waals surface area contributed by atoms with Crippen LogP contribution < -0.4 is 0 Å². The summed E-state index contributed by atoms with van der Waals surface area (Å²) in [5.41, 5.74) is 9.29. The number of nitrogens with zero attached hydrogens (tertiary/aromatic N) is 4. The molecule has 0 saturated carbocycles. The van der Waals surface area contributed by atoms with E-state index in [1.807, 2.05) is 0 Å². The van der Waals surface area contributed by atoms with Crippen LogP contribution in [-0.4, -0.2) is 4.98 Å². The minimum absolute atomic E-state index is 0.381. The number of benzene rings is 1. The van der Waals surface area contributed by atoms with Crippen LogP contribution in [-0.2, 0) is 0 Å². The lowest BCUT2D eigenvalue weighted by atomic mass is 10.2. The SMILES string of the molecule is [N-]=[N+]=Nc1ccc2cc(F)cnc2c1. The van der Waals surface area contributed by atoms with E-state index in [0.717, 1.165) is 6.20 Å². The molecule has 1 aromatic heterocycles. The van der Waals surface area contributed by atoms with Crippen LogP contribution in [0.1, 0.15) is 0 Å². The van der Waals surface area contributed by atoms with E-state index < -0.39 is 0 Å². The summed E-state index contributed by atoms with van der Waals surface area (Å²) in [6.45, 7) is 0. The highest BCUT2D eigenvalue weighted by atomic mass is 19.1. The van der Waals surface area contributed by atoms with Crippen molar-refractivity contribution in [1.29, 1.82) is 0 Å². The highest BCUT2D eigenvalue weighted by Gasteiger charge is 1.97. The molecule has 0 amide bonds. The van der Waals surface area contributed by atoms with Gasteiger partial charge < -0.3 is 0 Å². The third-order valence-electron chi connectivity index (χ3n) is 1.79. The molecular weight excluding hydrogens is 183 g/mol. The van der Waals surface area contributed by atoms with Gasteiger partial charge in [-0.05, 0) is 17.7 Å². The van der Waals surface area contributed by atoms with Crippen LogP contribution in [0.3, 0.4) is 0 Å². The highest BCUT2D eigenvalue weighted by molar-refractivity contribution is 5.81. The number of pyridine rings is 1. The quantitative estimate of drug-likeness (QED) is 0.384. The molecule has 68 valence electrons. The van der Waals surface area contributed by atoms with Crippen LogP contribution in [0.25, 0.3) is 21.3 Å². The van der Waals surface area contributed by atoms with Gasteiger partial charge in [-0.1, -0.05) is 17.2 Å². The van der Waals surface area contributed by atoms with Crippen LogP contribution in [0.2, 0.25) is 0 Å². The minimum Gasteiger partial charge on any atom is -0.253 e. The predicted octanol–water partition coefficient (Wildman–Crippen LogP) is 3.32. The molecule has 0 radical (unpaired) electrons. The fourth-order valence-corrected chi connectivity index (χ4v) is 1.20. The number of hydrogen-bond acceptors (Lipinski definition) is 2. The van der Waals surface area contributed by atoms with E-state index in [-0.39, 0.29) is 5.82 Å². The number of aromatic nitrogens is 1. The largest absolute Gasteiger partial charge is 0.253 e. The predicted molar refractivity (Wildman–Crippen MR) is 50.5 cm³/mol. The third kappa shape index (κ3) is 1.48. The van der Waals surface area contributed by atoms with Gasteiger partial charge in [-0.25, -0.2) is 4.39 Å². The monoisotopic (exact) mass is 188 g/mol. The zero-order valence-corrected chi connectivity index (χ0v) is 7.05. The lowest BCUT2D eigenvalue weighted by Gasteiger charge is -1.97. The van der Waals surface area contributed by atoms with Gasteiger partial charge in [-0.3, -0.25) is 4.98 Å². The molecule has 0 saturated heterocycles. The van der Waals surface area contributed by atoms with Crippen molar-refractivity contribution in [3.05, 3.63) is 46.7 Å². The summed E-state index contributed by atoms with van der Waals surface area (Å²) in [5.74, 6) is -0.381. The second kappa shape index (κ2) is 3.32. The summed E-state index contributed by atoms with van der Waals surface area (Å²) in [4.78, 5) is 6.52. The van der Waals surface area contributed by atoms with Gasteiger partial charge in [0.1, 0.15) is 5.82 Å². The summed E-state index contributed by atoms with van der Waals surface area (Å²) in [6, 6.07) is 6.26. The number of rotatable bonds is 1. The average molecular weight is 188 g/mol. The lowest BCUT2D eigenvalue weighted by Crippen LogP contribution is -1.80. The summed E-state index contributed by atoms with van der Waals surface area (Å²) in [6.07, 6.45) is 1.13. The molecule has 0 aliphatic rings. The van der Waals surface area contributed by atoms with E-state index in [1.165, 1.54) is 6.07 Å². The molecule has 4 nitrogen and oxygen atoms in total. The van der Waals surface area contributed by atoms with Gasteiger partial charge in [0, 0.05) is 16.0 Å². The first-order valence-electron chi connectivity index (χ1n) is 3.90.